The van der Waals surface area contributed by atoms with E-state index in [4.69, 9.17) is 4.74 Å². The molecule has 0 heterocycles. The van der Waals surface area contributed by atoms with Gasteiger partial charge in [-0.15, -0.1) is 0 Å². The van der Waals surface area contributed by atoms with Crippen LogP contribution in [0.5, 0.6) is 5.75 Å². The van der Waals surface area contributed by atoms with E-state index in [1.165, 1.54) is 31.8 Å². The first-order chi connectivity index (χ1) is 6.24. The van der Waals surface area contributed by atoms with Gasteiger partial charge in [-0.2, -0.15) is 0 Å². The van der Waals surface area contributed by atoms with Crippen molar-refractivity contribution in [1.29, 1.82) is 0 Å². The van der Waals surface area contributed by atoms with Crippen molar-refractivity contribution in [2.45, 2.75) is 19.4 Å². The van der Waals surface area contributed by atoms with Crippen LogP contribution in [0.1, 0.15) is 12.0 Å². The third-order valence-corrected chi connectivity index (χ3v) is 3.39. The van der Waals surface area contributed by atoms with Crippen molar-refractivity contribution in [1.82, 2.24) is 0 Å². The molecule has 0 fully saturated rings. The molecule has 0 saturated heterocycles. The van der Waals surface area contributed by atoms with E-state index in [0.717, 1.165) is 12.4 Å². The number of hydrogen-bond donors (Lipinski definition) is 0. The Morgan fingerprint density at radius 3 is 2.85 bits per heavy atom. The highest BCUT2D eigenvalue weighted by Gasteiger charge is 1.99. The van der Waals surface area contributed by atoms with Crippen molar-refractivity contribution in [3.63, 3.8) is 0 Å². The molecule has 0 aliphatic rings. The van der Waals surface area contributed by atoms with Gasteiger partial charge in [-0.3, -0.25) is 0 Å². The second kappa shape index (κ2) is 5.65. The third-order valence-electron chi connectivity index (χ3n) is 1.84. The zero-order valence-corrected chi connectivity index (χ0v) is 12.3. The average Bonchev–Trinajstić information content (AvgIpc) is 2.09. The lowest BCUT2D eigenvalue weighted by atomic mass is 10.2. The monoisotopic (exact) mass is 306 g/mol. The van der Waals surface area contributed by atoms with Gasteiger partial charge in [0.25, 0.3) is 0 Å². The van der Waals surface area contributed by atoms with E-state index in [-0.39, 0.29) is 0 Å². The predicted octanol–water partition coefficient (Wildman–Crippen LogP) is 2.15. The molecule has 0 aliphatic heterocycles. The van der Waals surface area contributed by atoms with Crippen LogP contribution in [0.15, 0.2) is 18.2 Å². The molecule has 0 atom stereocenters. The fraction of sp³-hybridized carbons (Fsp3) is 0.400. The normalized spacial score (nSPS) is 10.3. The molecule has 0 amide bonds. The predicted molar refractivity (Wildman–Crippen MR) is 68.8 cm³/mol. The van der Waals surface area contributed by atoms with Gasteiger partial charge < -0.3 is 4.74 Å². The minimum atomic E-state index is 0.864. The zero-order chi connectivity index (χ0) is 9.68. The summed E-state index contributed by atoms with van der Waals surface area (Å²) in [5.74, 6) is 1.03. The Labute approximate surface area is 96.4 Å². The van der Waals surface area contributed by atoms with E-state index < -0.39 is 0 Å². The maximum absolute atomic E-state index is 5.65. The van der Waals surface area contributed by atoms with E-state index in [0.29, 0.717) is 0 Å². The Morgan fingerprint density at radius 2 is 2.23 bits per heavy atom. The van der Waals surface area contributed by atoms with Gasteiger partial charge in [0.15, 0.2) is 0 Å². The number of benzene rings is 1. The van der Waals surface area contributed by atoms with Gasteiger partial charge in [0.1, 0.15) is 5.75 Å². The van der Waals surface area contributed by atoms with E-state index in [1.54, 1.807) is 0 Å². The fourth-order valence-electron chi connectivity index (χ4n) is 1.05. The van der Waals surface area contributed by atoms with Crippen LogP contribution in [0.25, 0.3) is 0 Å². The van der Waals surface area contributed by atoms with Gasteiger partial charge in [-0.1, -0.05) is 12.1 Å². The van der Waals surface area contributed by atoms with Gasteiger partial charge in [-0.25, -0.2) is 0 Å². The van der Waals surface area contributed by atoms with Crippen LogP contribution in [0, 0.1) is 10.5 Å². The van der Waals surface area contributed by atoms with Crippen molar-refractivity contribution in [3.05, 3.63) is 27.3 Å². The molecule has 3 heteroatoms. The lowest BCUT2D eigenvalue weighted by Crippen LogP contribution is -1.98. The SMILES string of the molecule is Cc1ccc(OCCC[SiH3])c(I)c1. The maximum Gasteiger partial charge on any atom is 0.132 e. The minimum Gasteiger partial charge on any atom is -0.492 e. The highest BCUT2D eigenvalue weighted by molar-refractivity contribution is 14.1. The van der Waals surface area contributed by atoms with Gasteiger partial charge >= 0.3 is 0 Å². The standard InChI is InChI=1S/C10H15IOSi/c1-8-3-4-10(9(11)7-8)12-5-2-6-13/h3-4,7H,2,5-6H2,1,13H3. The lowest BCUT2D eigenvalue weighted by Gasteiger charge is -2.07. The molecule has 0 unspecified atom stereocenters. The van der Waals surface area contributed by atoms with Crippen molar-refractivity contribution >= 4 is 32.8 Å². The van der Waals surface area contributed by atoms with Crippen LogP contribution in [0.4, 0.5) is 0 Å². The second-order valence-corrected chi connectivity index (χ2v) is 5.30. The maximum atomic E-state index is 5.65. The Kier molecular flexibility index (Phi) is 4.80. The van der Waals surface area contributed by atoms with Crippen LogP contribution in [0.2, 0.25) is 6.04 Å². The van der Waals surface area contributed by atoms with Gasteiger partial charge in [0, 0.05) is 10.2 Å². The summed E-state index contributed by atoms with van der Waals surface area (Å²) in [7, 11) is 1.28. The second-order valence-electron chi connectivity index (χ2n) is 3.14. The Morgan fingerprint density at radius 1 is 1.46 bits per heavy atom. The molecule has 1 aromatic carbocycles. The summed E-state index contributed by atoms with van der Waals surface area (Å²) < 4.78 is 6.86. The molecular formula is C10H15IOSi. The quantitative estimate of drug-likeness (QED) is 0.470. The molecule has 0 radical (unpaired) electrons. The summed E-state index contributed by atoms with van der Waals surface area (Å²) in [5.41, 5.74) is 1.29. The zero-order valence-electron chi connectivity index (χ0n) is 8.14. The van der Waals surface area contributed by atoms with Crippen LogP contribution in [0.3, 0.4) is 0 Å². The molecule has 0 bridgehead atoms. The summed E-state index contributed by atoms with van der Waals surface area (Å²) in [6, 6.07) is 7.63. The molecule has 72 valence electrons. The van der Waals surface area contributed by atoms with Crippen molar-refractivity contribution < 1.29 is 4.74 Å². The highest BCUT2D eigenvalue weighted by Crippen LogP contribution is 2.21. The fourth-order valence-corrected chi connectivity index (χ4v) is 2.16. The van der Waals surface area contributed by atoms with E-state index >= 15 is 0 Å². The number of ether oxygens (including phenoxy) is 1. The van der Waals surface area contributed by atoms with Crippen molar-refractivity contribution in [3.8, 4) is 5.75 Å². The molecule has 0 aromatic heterocycles. The first-order valence-electron chi connectivity index (χ1n) is 4.63. The molecule has 13 heavy (non-hydrogen) atoms. The van der Waals surface area contributed by atoms with E-state index in [1.807, 2.05) is 0 Å². The molecule has 0 N–H and O–H groups in total. The molecule has 0 aliphatic carbocycles. The number of rotatable bonds is 4. The molecule has 0 saturated carbocycles. The van der Waals surface area contributed by atoms with Gasteiger partial charge in [0.05, 0.1) is 10.2 Å². The summed E-state index contributed by atoms with van der Waals surface area (Å²) in [4.78, 5) is 0. The number of halogens is 1. The third kappa shape index (κ3) is 3.68. The van der Waals surface area contributed by atoms with Crippen LogP contribution < -0.4 is 4.74 Å². The van der Waals surface area contributed by atoms with Gasteiger partial charge in [-0.05, 0) is 53.6 Å². The topological polar surface area (TPSA) is 9.23 Å². The van der Waals surface area contributed by atoms with E-state index in [9.17, 15) is 0 Å². The first kappa shape index (κ1) is 11.0. The average molecular weight is 306 g/mol. The molecule has 1 rings (SSSR count). The first-order valence-corrected chi connectivity index (χ1v) is 7.12. The molecule has 1 aromatic rings. The molecular weight excluding hydrogens is 291 g/mol. The summed E-state index contributed by atoms with van der Waals surface area (Å²) in [6.45, 7) is 2.96. The molecule has 1 nitrogen and oxygen atoms in total. The van der Waals surface area contributed by atoms with Crippen molar-refractivity contribution in [2.24, 2.45) is 0 Å². The van der Waals surface area contributed by atoms with Crippen LogP contribution in [-0.2, 0) is 0 Å². The van der Waals surface area contributed by atoms with Crippen LogP contribution >= 0.6 is 22.6 Å². The summed E-state index contributed by atoms with van der Waals surface area (Å²) in [6.07, 6.45) is 1.19. The Hall–Kier alpha value is -0.0331. The van der Waals surface area contributed by atoms with E-state index in [2.05, 4.69) is 47.7 Å². The van der Waals surface area contributed by atoms with Crippen LogP contribution in [-0.4, -0.2) is 16.8 Å². The lowest BCUT2D eigenvalue weighted by molar-refractivity contribution is 0.315. The largest absolute Gasteiger partial charge is 0.492 e. The minimum absolute atomic E-state index is 0.864. The number of aryl methyl sites for hydroxylation is 1. The molecule has 0 spiro atoms. The summed E-state index contributed by atoms with van der Waals surface area (Å²) >= 11 is 2.32. The van der Waals surface area contributed by atoms with Gasteiger partial charge in [0.2, 0.25) is 0 Å². The summed E-state index contributed by atoms with van der Waals surface area (Å²) in [5, 5.41) is 0. The Balaban J connectivity index is 2.56. The highest BCUT2D eigenvalue weighted by atomic mass is 127. The smallest absolute Gasteiger partial charge is 0.132 e. The van der Waals surface area contributed by atoms with Crippen molar-refractivity contribution in [2.75, 3.05) is 6.61 Å². The Bertz CT molecular complexity index is 276. The number of hydrogen-bond acceptors (Lipinski definition) is 1.